The first kappa shape index (κ1) is 16.2. The molecule has 0 unspecified atom stereocenters. The standard InChI is InChI=1S/C16H21ClN4O2/c17-11-3-6-19-13(10-11)16(23)20-8-4-12(5-9-20)21-7-1-2-14(21)15(18)22/h3,6,10,12,14H,1-2,4-5,7-9H2,(H2,18,22)/t14-/m0/s1. The molecule has 3 heterocycles. The predicted molar refractivity (Wildman–Crippen MR) is 87.1 cm³/mol. The van der Waals surface area contributed by atoms with Crippen LogP contribution in [0.15, 0.2) is 18.3 Å². The van der Waals surface area contributed by atoms with Gasteiger partial charge in [0, 0.05) is 30.4 Å². The van der Waals surface area contributed by atoms with E-state index in [4.69, 9.17) is 17.3 Å². The van der Waals surface area contributed by atoms with Crippen LogP contribution in [0.1, 0.15) is 36.2 Å². The fraction of sp³-hybridized carbons (Fsp3) is 0.562. The summed E-state index contributed by atoms with van der Waals surface area (Å²) >= 11 is 5.92. The van der Waals surface area contributed by atoms with Crippen LogP contribution >= 0.6 is 11.6 Å². The molecule has 124 valence electrons. The molecule has 3 rings (SSSR count). The summed E-state index contributed by atoms with van der Waals surface area (Å²) in [6, 6.07) is 3.44. The highest BCUT2D eigenvalue weighted by atomic mass is 35.5. The van der Waals surface area contributed by atoms with Gasteiger partial charge < -0.3 is 10.6 Å². The van der Waals surface area contributed by atoms with Gasteiger partial charge in [-0.05, 0) is 44.4 Å². The number of nitrogens with two attached hydrogens (primary N) is 1. The molecule has 23 heavy (non-hydrogen) atoms. The number of carbonyl (C=O) groups is 2. The summed E-state index contributed by atoms with van der Waals surface area (Å²) < 4.78 is 0. The first-order valence-electron chi connectivity index (χ1n) is 8.02. The van der Waals surface area contributed by atoms with E-state index in [2.05, 4.69) is 9.88 Å². The minimum atomic E-state index is -0.232. The zero-order chi connectivity index (χ0) is 16.4. The largest absolute Gasteiger partial charge is 0.368 e. The summed E-state index contributed by atoms with van der Waals surface area (Å²) in [5.74, 6) is -0.317. The number of pyridine rings is 1. The molecule has 7 heteroatoms. The molecule has 2 N–H and O–H groups in total. The van der Waals surface area contributed by atoms with Crippen LogP contribution in [0.4, 0.5) is 0 Å². The maximum absolute atomic E-state index is 12.5. The maximum atomic E-state index is 12.5. The number of primary amides is 1. The van der Waals surface area contributed by atoms with Crippen LogP contribution in [0.25, 0.3) is 0 Å². The van der Waals surface area contributed by atoms with Gasteiger partial charge in [-0.1, -0.05) is 11.6 Å². The Morgan fingerprint density at radius 2 is 1.96 bits per heavy atom. The normalized spacial score (nSPS) is 23.2. The number of nitrogens with zero attached hydrogens (tertiary/aromatic N) is 3. The van der Waals surface area contributed by atoms with Crippen LogP contribution in [0.2, 0.25) is 5.02 Å². The van der Waals surface area contributed by atoms with E-state index in [0.29, 0.717) is 29.8 Å². The Labute approximate surface area is 140 Å². The maximum Gasteiger partial charge on any atom is 0.272 e. The van der Waals surface area contributed by atoms with E-state index in [0.717, 1.165) is 32.2 Å². The number of hydrogen-bond acceptors (Lipinski definition) is 4. The van der Waals surface area contributed by atoms with Crippen molar-refractivity contribution in [1.82, 2.24) is 14.8 Å². The van der Waals surface area contributed by atoms with Crippen molar-refractivity contribution in [3.8, 4) is 0 Å². The Morgan fingerprint density at radius 1 is 1.22 bits per heavy atom. The van der Waals surface area contributed by atoms with Gasteiger partial charge in [0.05, 0.1) is 6.04 Å². The van der Waals surface area contributed by atoms with Gasteiger partial charge in [0.15, 0.2) is 0 Å². The van der Waals surface area contributed by atoms with Gasteiger partial charge in [-0.3, -0.25) is 19.5 Å². The van der Waals surface area contributed by atoms with Crippen LogP contribution in [0.5, 0.6) is 0 Å². The predicted octanol–water partition coefficient (Wildman–Crippen LogP) is 1.29. The molecule has 1 aromatic rings. The van der Waals surface area contributed by atoms with Crippen LogP contribution in [-0.4, -0.2) is 58.3 Å². The molecule has 6 nitrogen and oxygen atoms in total. The second kappa shape index (κ2) is 6.84. The zero-order valence-corrected chi connectivity index (χ0v) is 13.7. The van der Waals surface area contributed by atoms with E-state index in [-0.39, 0.29) is 17.9 Å². The summed E-state index contributed by atoms with van der Waals surface area (Å²) in [6.45, 7) is 2.25. The molecule has 2 saturated heterocycles. The lowest BCUT2D eigenvalue weighted by molar-refractivity contribution is -0.123. The fourth-order valence-corrected chi connectivity index (χ4v) is 3.78. The lowest BCUT2D eigenvalue weighted by Gasteiger charge is -2.38. The van der Waals surface area contributed by atoms with E-state index in [1.807, 2.05) is 4.90 Å². The van der Waals surface area contributed by atoms with Gasteiger partial charge in [0.1, 0.15) is 5.69 Å². The van der Waals surface area contributed by atoms with Crippen molar-refractivity contribution >= 4 is 23.4 Å². The topological polar surface area (TPSA) is 79.5 Å². The quantitative estimate of drug-likeness (QED) is 0.902. The van der Waals surface area contributed by atoms with Gasteiger partial charge >= 0.3 is 0 Å². The Hall–Kier alpha value is -1.66. The van der Waals surface area contributed by atoms with Crippen LogP contribution in [0, 0.1) is 0 Å². The number of carbonyl (C=O) groups excluding carboxylic acids is 2. The molecule has 1 aromatic heterocycles. The number of hydrogen-bond donors (Lipinski definition) is 1. The fourth-order valence-electron chi connectivity index (χ4n) is 3.62. The van der Waals surface area contributed by atoms with Crippen LogP contribution < -0.4 is 5.73 Å². The average Bonchev–Trinajstić information content (AvgIpc) is 3.04. The minimum absolute atomic E-state index is 0.0844. The van der Waals surface area contributed by atoms with Gasteiger partial charge in [-0.15, -0.1) is 0 Å². The number of aromatic nitrogens is 1. The van der Waals surface area contributed by atoms with E-state index in [1.165, 1.54) is 0 Å². The van der Waals surface area contributed by atoms with E-state index in [1.54, 1.807) is 18.3 Å². The number of likely N-dealkylation sites (tertiary alicyclic amines) is 2. The number of halogens is 1. The Kier molecular flexibility index (Phi) is 4.82. The monoisotopic (exact) mass is 336 g/mol. The molecular weight excluding hydrogens is 316 g/mol. The van der Waals surface area contributed by atoms with E-state index < -0.39 is 0 Å². The van der Waals surface area contributed by atoms with Crippen LogP contribution in [0.3, 0.4) is 0 Å². The number of rotatable bonds is 3. The first-order valence-corrected chi connectivity index (χ1v) is 8.40. The highest BCUT2D eigenvalue weighted by Gasteiger charge is 2.36. The summed E-state index contributed by atoms with van der Waals surface area (Å²) in [5, 5.41) is 0.514. The van der Waals surface area contributed by atoms with Gasteiger partial charge in [-0.2, -0.15) is 0 Å². The SMILES string of the molecule is NC(=O)[C@@H]1CCCN1C1CCN(C(=O)c2cc(Cl)ccn2)CC1. The van der Waals surface area contributed by atoms with E-state index in [9.17, 15) is 9.59 Å². The highest BCUT2D eigenvalue weighted by molar-refractivity contribution is 6.30. The second-order valence-electron chi connectivity index (χ2n) is 6.18. The van der Waals surface area contributed by atoms with Gasteiger partial charge in [-0.25, -0.2) is 0 Å². The van der Waals surface area contributed by atoms with Gasteiger partial charge in [0.2, 0.25) is 5.91 Å². The smallest absolute Gasteiger partial charge is 0.272 e. The lowest BCUT2D eigenvalue weighted by atomic mass is 10.0. The Bertz CT molecular complexity index is 601. The first-order chi connectivity index (χ1) is 11.1. The van der Waals surface area contributed by atoms with Crippen molar-refractivity contribution in [3.63, 3.8) is 0 Å². The molecule has 0 spiro atoms. The third kappa shape index (κ3) is 3.48. The molecule has 2 fully saturated rings. The third-order valence-corrected chi connectivity index (χ3v) is 5.02. The molecular formula is C16H21ClN4O2. The number of amides is 2. The molecule has 0 radical (unpaired) electrons. The third-order valence-electron chi connectivity index (χ3n) is 4.78. The second-order valence-corrected chi connectivity index (χ2v) is 6.62. The van der Waals surface area contributed by atoms with Crippen molar-refractivity contribution < 1.29 is 9.59 Å². The number of piperidine rings is 1. The van der Waals surface area contributed by atoms with Crippen LogP contribution in [-0.2, 0) is 4.79 Å². The Morgan fingerprint density at radius 3 is 2.61 bits per heavy atom. The lowest BCUT2D eigenvalue weighted by Crippen LogP contribution is -2.51. The molecule has 0 aromatic carbocycles. The van der Waals surface area contributed by atoms with Crippen molar-refractivity contribution in [1.29, 1.82) is 0 Å². The van der Waals surface area contributed by atoms with Gasteiger partial charge in [0.25, 0.3) is 5.91 Å². The summed E-state index contributed by atoms with van der Waals surface area (Å²) in [5.41, 5.74) is 5.88. The zero-order valence-electron chi connectivity index (χ0n) is 12.9. The van der Waals surface area contributed by atoms with Crippen molar-refractivity contribution in [2.75, 3.05) is 19.6 Å². The molecule has 1 atom stereocenters. The molecule has 2 amide bonds. The van der Waals surface area contributed by atoms with Crippen molar-refractivity contribution in [2.45, 2.75) is 37.8 Å². The minimum Gasteiger partial charge on any atom is -0.368 e. The summed E-state index contributed by atoms with van der Waals surface area (Å²) in [6.07, 6.45) is 5.12. The molecule has 0 saturated carbocycles. The Balaban J connectivity index is 1.60. The summed E-state index contributed by atoms with van der Waals surface area (Å²) in [4.78, 5) is 32.1. The van der Waals surface area contributed by atoms with Crippen molar-refractivity contribution in [2.24, 2.45) is 5.73 Å². The van der Waals surface area contributed by atoms with Crippen molar-refractivity contribution in [3.05, 3.63) is 29.0 Å². The molecule has 2 aliphatic heterocycles. The average molecular weight is 337 g/mol. The summed E-state index contributed by atoms with van der Waals surface area (Å²) in [7, 11) is 0. The highest BCUT2D eigenvalue weighted by Crippen LogP contribution is 2.26. The molecule has 0 aliphatic carbocycles. The molecule has 2 aliphatic rings. The molecule has 0 bridgehead atoms. The van der Waals surface area contributed by atoms with E-state index >= 15 is 0 Å².